The summed E-state index contributed by atoms with van der Waals surface area (Å²) in [5, 5.41) is 0.419. The maximum Gasteiger partial charge on any atom is 0.338 e. The minimum atomic E-state index is -0.345. The van der Waals surface area contributed by atoms with Crippen LogP contribution in [0.4, 0.5) is 0 Å². The third-order valence-electron chi connectivity index (χ3n) is 2.48. The van der Waals surface area contributed by atoms with Crippen molar-refractivity contribution in [1.29, 1.82) is 0 Å². The minimum absolute atomic E-state index is 0.188. The topological polar surface area (TPSA) is 39.2 Å². The number of rotatable bonds is 4. The summed E-state index contributed by atoms with van der Waals surface area (Å²) in [6.45, 7) is 0.188. The largest absolute Gasteiger partial charge is 0.457 e. The summed E-state index contributed by atoms with van der Waals surface area (Å²) in [6, 6.07) is 10.7. The third-order valence-corrected chi connectivity index (χ3v) is 3.45. The van der Waals surface area contributed by atoms with E-state index in [-0.39, 0.29) is 12.6 Å². The van der Waals surface area contributed by atoms with Gasteiger partial charge in [0.05, 0.1) is 5.56 Å². The summed E-state index contributed by atoms with van der Waals surface area (Å²) in [5.74, 6) is -0.345. The lowest BCUT2D eigenvalue weighted by Gasteiger charge is -2.05. The van der Waals surface area contributed by atoms with Gasteiger partial charge >= 0.3 is 5.97 Å². The van der Waals surface area contributed by atoms with Crippen LogP contribution in [-0.2, 0) is 11.3 Å². The van der Waals surface area contributed by atoms with Crippen LogP contribution >= 0.6 is 23.4 Å². The minimum Gasteiger partial charge on any atom is -0.457 e. The maximum atomic E-state index is 11.8. The quantitative estimate of drug-likeness (QED) is 0.488. The lowest BCUT2D eigenvalue weighted by molar-refractivity contribution is 0.0472. The molecule has 2 rings (SSSR count). The van der Waals surface area contributed by atoms with Gasteiger partial charge < -0.3 is 4.74 Å². The number of esters is 1. The fourth-order valence-electron chi connectivity index (χ4n) is 1.45. The Balaban J connectivity index is 1.95. The predicted molar refractivity (Wildman–Crippen MR) is 76.6 cm³/mol. The number of aromatic nitrogens is 1. The van der Waals surface area contributed by atoms with Gasteiger partial charge in [-0.05, 0) is 36.6 Å². The Bertz CT molecular complexity index is 555. The third kappa shape index (κ3) is 3.98. The highest BCUT2D eigenvalue weighted by Gasteiger charge is 2.07. The number of nitrogens with zero attached hydrogens (tertiary/aromatic N) is 1. The molecule has 5 heteroatoms. The normalized spacial score (nSPS) is 10.2. The molecule has 0 aliphatic rings. The summed E-state index contributed by atoms with van der Waals surface area (Å²) >= 11 is 7.31. The molecule has 0 unspecified atom stereocenters. The monoisotopic (exact) mass is 293 g/mol. The van der Waals surface area contributed by atoms with Gasteiger partial charge in [-0.3, -0.25) is 0 Å². The molecule has 1 aromatic heterocycles. The van der Waals surface area contributed by atoms with Crippen molar-refractivity contribution in [3.05, 3.63) is 58.9 Å². The molecule has 19 heavy (non-hydrogen) atoms. The SMILES string of the molecule is CSc1ccc(C(=O)OCc2ccc(Cl)nc2)cc1. The van der Waals surface area contributed by atoms with Gasteiger partial charge in [-0.15, -0.1) is 11.8 Å². The van der Waals surface area contributed by atoms with Crippen LogP contribution in [0.15, 0.2) is 47.5 Å². The van der Waals surface area contributed by atoms with E-state index in [9.17, 15) is 4.79 Å². The van der Waals surface area contributed by atoms with Crippen LogP contribution in [0.25, 0.3) is 0 Å². The van der Waals surface area contributed by atoms with E-state index < -0.39 is 0 Å². The molecule has 2 aromatic rings. The van der Waals surface area contributed by atoms with Crippen LogP contribution in [0.1, 0.15) is 15.9 Å². The molecule has 0 aliphatic carbocycles. The molecular formula is C14H12ClNO2S. The van der Waals surface area contributed by atoms with Crippen molar-refractivity contribution in [2.24, 2.45) is 0 Å². The van der Waals surface area contributed by atoms with Crippen LogP contribution in [0.3, 0.4) is 0 Å². The zero-order valence-electron chi connectivity index (χ0n) is 10.3. The number of benzene rings is 1. The number of hydrogen-bond acceptors (Lipinski definition) is 4. The van der Waals surface area contributed by atoms with Crippen molar-refractivity contribution in [2.45, 2.75) is 11.5 Å². The Kier molecular flexibility index (Phi) is 4.82. The first kappa shape index (κ1) is 13.9. The van der Waals surface area contributed by atoms with Crippen LogP contribution in [0.2, 0.25) is 5.15 Å². The van der Waals surface area contributed by atoms with Gasteiger partial charge in [-0.1, -0.05) is 17.7 Å². The molecule has 0 fully saturated rings. The summed E-state index contributed by atoms with van der Waals surface area (Å²) in [6.07, 6.45) is 3.58. The second-order valence-corrected chi connectivity index (χ2v) is 5.06. The Hall–Kier alpha value is -1.52. The Morgan fingerprint density at radius 1 is 1.26 bits per heavy atom. The first-order chi connectivity index (χ1) is 9.19. The van der Waals surface area contributed by atoms with E-state index in [1.54, 1.807) is 42.2 Å². The van der Waals surface area contributed by atoms with Gasteiger partial charge in [0, 0.05) is 16.7 Å². The lowest BCUT2D eigenvalue weighted by atomic mass is 10.2. The molecule has 0 spiro atoms. The van der Waals surface area contributed by atoms with E-state index in [0.29, 0.717) is 10.7 Å². The predicted octanol–water partition coefficient (Wildman–Crippen LogP) is 3.81. The molecule has 0 amide bonds. The van der Waals surface area contributed by atoms with Crippen molar-refractivity contribution in [2.75, 3.05) is 6.26 Å². The number of ether oxygens (including phenoxy) is 1. The Morgan fingerprint density at radius 2 is 2.00 bits per heavy atom. The standard InChI is InChI=1S/C14H12ClNO2S/c1-19-12-5-3-11(4-6-12)14(17)18-9-10-2-7-13(15)16-8-10/h2-8H,9H2,1H3. The van der Waals surface area contributed by atoms with Crippen molar-refractivity contribution in [3.8, 4) is 0 Å². The number of carbonyl (C=O) groups excluding carboxylic acids is 1. The number of pyridine rings is 1. The second kappa shape index (κ2) is 6.59. The molecule has 0 N–H and O–H groups in total. The molecule has 3 nitrogen and oxygen atoms in total. The number of thioether (sulfide) groups is 1. The van der Waals surface area contributed by atoms with E-state index in [2.05, 4.69) is 4.98 Å². The van der Waals surface area contributed by atoms with Crippen molar-refractivity contribution < 1.29 is 9.53 Å². The van der Waals surface area contributed by atoms with Gasteiger partial charge in [-0.2, -0.15) is 0 Å². The summed E-state index contributed by atoms with van der Waals surface area (Å²) in [4.78, 5) is 16.8. The first-order valence-corrected chi connectivity index (χ1v) is 7.21. The van der Waals surface area contributed by atoms with Crippen molar-refractivity contribution >= 4 is 29.3 Å². The van der Waals surface area contributed by atoms with Crippen LogP contribution < -0.4 is 0 Å². The smallest absolute Gasteiger partial charge is 0.338 e. The molecule has 0 saturated carbocycles. The molecule has 0 saturated heterocycles. The average Bonchev–Trinajstić information content (AvgIpc) is 2.46. The van der Waals surface area contributed by atoms with E-state index >= 15 is 0 Å². The van der Waals surface area contributed by atoms with Crippen molar-refractivity contribution in [3.63, 3.8) is 0 Å². The van der Waals surface area contributed by atoms with Crippen molar-refractivity contribution in [1.82, 2.24) is 4.98 Å². The zero-order chi connectivity index (χ0) is 13.7. The van der Waals surface area contributed by atoms with Gasteiger partial charge in [0.25, 0.3) is 0 Å². The second-order valence-electron chi connectivity index (χ2n) is 3.79. The van der Waals surface area contributed by atoms with Crippen LogP contribution in [0.5, 0.6) is 0 Å². The number of hydrogen-bond donors (Lipinski definition) is 0. The average molecular weight is 294 g/mol. The molecule has 98 valence electrons. The maximum absolute atomic E-state index is 11.8. The highest BCUT2D eigenvalue weighted by Crippen LogP contribution is 2.15. The van der Waals surface area contributed by atoms with Gasteiger partial charge in [0.15, 0.2) is 0 Å². The van der Waals surface area contributed by atoms with Crippen LogP contribution in [0, 0.1) is 0 Å². The van der Waals surface area contributed by atoms with E-state index in [1.807, 2.05) is 18.4 Å². The molecule has 1 aromatic carbocycles. The zero-order valence-corrected chi connectivity index (χ0v) is 11.9. The molecule has 0 aliphatic heterocycles. The van der Waals surface area contributed by atoms with Gasteiger partial charge in [-0.25, -0.2) is 9.78 Å². The number of halogens is 1. The molecule has 0 bridgehead atoms. The molecular weight excluding hydrogens is 282 g/mol. The summed E-state index contributed by atoms with van der Waals surface area (Å²) in [7, 11) is 0. The summed E-state index contributed by atoms with van der Waals surface area (Å²) < 4.78 is 5.20. The highest BCUT2D eigenvalue weighted by molar-refractivity contribution is 7.98. The van der Waals surface area contributed by atoms with Gasteiger partial charge in [0.1, 0.15) is 11.8 Å². The summed E-state index contributed by atoms with van der Waals surface area (Å²) in [5.41, 5.74) is 1.35. The Labute approximate surface area is 121 Å². The molecule has 1 heterocycles. The Morgan fingerprint density at radius 3 is 2.58 bits per heavy atom. The highest BCUT2D eigenvalue weighted by atomic mass is 35.5. The fraction of sp³-hybridized carbons (Fsp3) is 0.143. The fourth-order valence-corrected chi connectivity index (χ4v) is 1.97. The number of carbonyl (C=O) groups is 1. The van der Waals surface area contributed by atoms with Crippen LogP contribution in [-0.4, -0.2) is 17.2 Å². The van der Waals surface area contributed by atoms with Gasteiger partial charge in [0.2, 0.25) is 0 Å². The van der Waals surface area contributed by atoms with E-state index in [1.165, 1.54) is 0 Å². The first-order valence-electron chi connectivity index (χ1n) is 5.60. The molecule has 0 radical (unpaired) electrons. The van der Waals surface area contributed by atoms with E-state index in [4.69, 9.17) is 16.3 Å². The van der Waals surface area contributed by atoms with E-state index in [0.717, 1.165) is 10.5 Å². The molecule has 0 atom stereocenters. The lowest BCUT2D eigenvalue weighted by Crippen LogP contribution is -2.05.